The summed E-state index contributed by atoms with van der Waals surface area (Å²) in [7, 11) is 0. The molecule has 0 saturated heterocycles. The van der Waals surface area contributed by atoms with Gasteiger partial charge in [0.05, 0.1) is 60.6 Å². The molecule has 2 aliphatic rings. The third-order valence-corrected chi connectivity index (χ3v) is 15.2. The predicted molar refractivity (Wildman–Crippen MR) is 324 cm³/mol. The third-order valence-electron chi connectivity index (χ3n) is 14.1. The summed E-state index contributed by atoms with van der Waals surface area (Å²) < 4.78 is 44.9. The number of unbranched alkanes of at least 4 members (excludes halogenated alkanes) is 6. The van der Waals surface area contributed by atoms with Gasteiger partial charge in [0.25, 0.3) is 0 Å². The number of thiazole rings is 1. The molecule has 0 spiro atoms. The predicted octanol–water partition coefficient (Wildman–Crippen LogP) is 13.7. The summed E-state index contributed by atoms with van der Waals surface area (Å²) in [4.78, 5) is 77.4. The maximum atomic E-state index is 13.5. The molecule has 0 bridgehead atoms. The van der Waals surface area contributed by atoms with E-state index in [1.807, 2.05) is 30.3 Å². The van der Waals surface area contributed by atoms with Crippen LogP contribution in [-0.2, 0) is 38.2 Å². The molecule has 0 amide bonds. The van der Waals surface area contributed by atoms with Crippen molar-refractivity contribution in [1.29, 1.82) is 0 Å². The van der Waals surface area contributed by atoms with Gasteiger partial charge in [-0.2, -0.15) is 5.10 Å². The lowest BCUT2D eigenvalue weighted by molar-refractivity contribution is -0.145. The number of rotatable bonds is 31. The van der Waals surface area contributed by atoms with Crippen LogP contribution in [0.1, 0.15) is 129 Å². The summed E-state index contributed by atoms with van der Waals surface area (Å²) in [6, 6.07) is 26.8. The fourth-order valence-corrected chi connectivity index (χ4v) is 10.2. The van der Waals surface area contributed by atoms with Crippen molar-refractivity contribution in [3.05, 3.63) is 135 Å². The summed E-state index contributed by atoms with van der Waals surface area (Å²) in [5, 5.41) is 7.32. The lowest BCUT2D eigenvalue weighted by Crippen LogP contribution is -2.30. The zero-order valence-corrected chi connectivity index (χ0v) is 49.2. The molecule has 2 aliphatic carbocycles. The van der Waals surface area contributed by atoms with Crippen LogP contribution in [0.3, 0.4) is 0 Å². The third kappa shape index (κ3) is 22.9. The molecule has 18 heteroatoms. The Morgan fingerprint density at radius 2 is 1.04 bits per heavy atom. The number of carbonyl (C=O) groups is 6. The van der Waals surface area contributed by atoms with E-state index in [4.69, 9.17) is 48.0 Å². The Bertz CT molecular complexity index is 2930. The normalized spacial score (nSPS) is 16.4. The number of esters is 6. The van der Waals surface area contributed by atoms with Gasteiger partial charge in [-0.05, 0) is 194 Å². The largest absolute Gasteiger partial charge is 0.494 e. The number of para-hydroxylation sites is 1. The van der Waals surface area contributed by atoms with Crippen LogP contribution in [0.4, 0.5) is 5.13 Å². The molecule has 5 aromatic rings. The summed E-state index contributed by atoms with van der Waals surface area (Å²) in [5.74, 6) is 0.616. The molecular weight excluding hydrogens is 1090 g/mol. The minimum Gasteiger partial charge on any atom is -0.494 e. The first-order valence-corrected chi connectivity index (χ1v) is 29.9. The molecule has 84 heavy (non-hydrogen) atoms. The molecule has 0 radical (unpaired) electrons. The summed E-state index contributed by atoms with van der Waals surface area (Å²) >= 11 is 1.53. The lowest BCUT2D eigenvalue weighted by atomic mass is 9.82. The summed E-state index contributed by atoms with van der Waals surface area (Å²) in [6.07, 6.45) is 19.3. The fourth-order valence-electron chi connectivity index (χ4n) is 9.29. The van der Waals surface area contributed by atoms with Gasteiger partial charge < -0.3 is 37.9 Å². The van der Waals surface area contributed by atoms with Crippen molar-refractivity contribution in [2.24, 2.45) is 28.8 Å². The van der Waals surface area contributed by atoms with Crippen LogP contribution >= 0.6 is 11.3 Å². The number of hydrogen-bond acceptors (Lipinski definition) is 18. The smallest absolute Gasteiger partial charge is 0.330 e. The van der Waals surface area contributed by atoms with Gasteiger partial charge in [-0.15, -0.1) is 6.58 Å². The highest BCUT2D eigenvalue weighted by Gasteiger charge is 2.33. The van der Waals surface area contributed by atoms with Crippen LogP contribution in [0.2, 0.25) is 0 Å². The monoisotopic (exact) mass is 1170 g/mol. The molecule has 0 atom stereocenters. The first-order valence-electron chi connectivity index (χ1n) is 29.1. The van der Waals surface area contributed by atoms with Crippen LogP contribution in [-0.4, -0.2) is 80.0 Å². The number of fused-ring (bicyclic) bond motifs is 1. The molecule has 0 unspecified atom stereocenters. The number of aromatic nitrogens is 1. The first kappa shape index (κ1) is 65.0. The molecule has 1 aromatic heterocycles. The molecule has 4 aromatic carbocycles. The van der Waals surface area contributed by atoms with Crippen molar-refractivity contribution in [2.75, 3.05) is 38.0 Å². The highest BCUT2D eigenvalue weighted by Crippen LogP contribution is 2.35. The average Bonchev–Trinajstić information content (AvgIpc) is 4.05. The van der Waals surface area contributed by atoms with E-state index >= 15 is 0 Å². The van der Waals surface area contributed by atoms with E-state index in [2.05, 4.69) is 26.7 Å². The lowest BCUT2D eigenvalue weighted by Gasteiger charge is -2.26. The Morgan fingerprint density at radius 3 is 1.55 bits per heavy atom. The van der Waals surface area contributed by atoms with Gasteiger partial charge >= 0.3 is 35.8 Å². The van der Waals surface area contributed by atoms with Crippen molar-refractivity contribution in [2.45, 2.75) is 123 Å². The Balaban J connectivity index is 0.000000432. The highest BCUT2D eigenvalue weighted by atomic mass is 32.1. The average molecular weight is 1170 g/mol. The Labute approximate surface area is 497 Å². The van der Waals surface area contributed by atoms with E-state index in [1.165, 1.54) is 24.3 Å². The highest BCUT2D eigenvalue weighted by molar-refractivity contribution is 7.22. The van der Waals surface area contributed by atoms with E-state index in [0.717, 1.165) is 99.1 Å². The number of anilines is 1. The van der Waals surface area contributed by atoms with Gasteiger partial charge in [0.1, 0.15) is 34.5 Å². The molecule has 0 N–H and O–H groups in total. The van der Waals surface area contributed by atoms with Crippen molar-refractivity contribution in [1.82, 2.24) is 4.98 Å². The minimum absolute atomic E-state index is 0.171. The standard InChI is InChI=1S/C49H57N3O9S.C17H22O5/c1-4-6-29-52(49-51-42-13-9-10-14-44(42)62-49)50-33-38-32-41(27-28-43(38)61-48(56)35-17-15-34(3)16-18-35)60-47(55)37-21-19-36(20-22-37)46(54)59-40-25-23-39(24-26-40)57-30-11-7-8-12-31-58-45(53)5-2;1-3-17(19)21-13-7-5-4-6-12-20-15-8-10-16(11-9-15)22-14(2)18/h4-5,9-10,13-14,23-28,32-37H,1-2,6-8,11-12,15-22,29-31H2,3H3;3,8-11H,1,4-7,12-13H2,2H3/b50-33+;. The van der Waals surface area contributed by atoms with Gasteiger partial charge in [0.2, 0.25) is 5.13 Å². The molecule has 2 fully saturated rings. The second-order valence-corrected chi connectivity index (χ2v) is 21.7. The summed E-state index contributed by atoms with van der Waals surface area (Å²) in [6.45, 7) is 16.7. The van der Waals surface area contributed by atoms with Crippen molar-refractivity contribution < 1.29 is 66.7 Å². The number of hydrogen-bond donors (Lipinski definition) is 0. The first-order chi connectivity index (χ1) is 40.8. The van der Waals surface area contributed by atoms with Crippen LogP contribution in [0.5, 0.6) is 34.5 Å². The molecule has 1 heterocycles. The van der Waals surface area contributed by atoms with Gasteiger partial charge in [0, 0.05) is 31.2 Å². The Morgan fingerprint density at radius 1 is 0.571 bits per heavy atom. The molecular formula is C66H79N3O14S. The number of nitrogens with zero attached hydrogens (tertiary/aromatic N) is 3. The fraction of sp³-hybridized carbons (Fsp3) is 0.424. The second kappa shape index (κ2) is 35.8. The van der Waals surface area contributed by atoms with Crippen molar-refractivity contribution >= 4 is 68.7 Å². The molecule has 448 valence electrons. The second-order valence-electron chi connectivity index (χ2n) is 20.7. The van der Waals surface area contributed by atoms with Gasteiger partial charge in [-0.1, -0.05) is 49.6 Å². The van der Waals surface area contributed by atoms with E-state index in [1.54, 1.807) is 78.0 Å². The quantitative estimate of drug-likeness (QED) is 0.00769. The number of benzene rings is 4. The van der Waals surface area contributed by atoms with Gasteiger partial charge in [-0.25, -0.2) is 19.6 Å². The maximum absolute atomic E-state index is 13.5. The van der Waals surface area contributed by atoms with Crippen LogP contribution in [0.25, 0.3) is 10.2 Å². The van der Waals surface area contributed by atoms with Crippen molar-refractivity contribution in [3.63, 3.8) is 0 Å². The van der Waals surface area contributed by atoms with Crippen LogP contribution in [0, 0.1) is 23.7 Å². The topological polar surface area (TPSA) is 205 Å². The number of ether oxygens (including phenoxy) is 8. The van der Waals surface area contributed by atoms with Crippen LogP contribution in [0.15, 0.2) is 134 Å². The molecule has 7 rings (SSSR count). The van der Waals surface area contributed by atoms with E-state index in [9.17, 15) is 28.8 Å². The van der Waals surface area contributed by atoms with Gasteiger partial charge in [-0.3, -0.25) is 19.2 Å². The molecule has 2 saturated carbocycles. The minimum atomic E-state index is -0.403. The van der Waals surface area contributed by atoms with Crippen LogP contribution < -0.4 is 33.4 Å². The zero-order chi connectivity index (χ0) is 59.9. The Kier molecular flexibility index (Phi) is 27.7. The summed E-state index contributed by atoms with van der Waals surface area (Å²) in [5.41, 5.74) is 1.36. The number of carbonyl (C=O) groups excluding carboxylic acids is 6. The van der Waals surface area contributed by atoms with E-state index in [-0.39, 0.29) is 47.6 Å². The molecule has 0 aliphatic heterocycles. The molecule has 17 nitrogen and oxygen atoms in total. The zero-order valence-electron chi connectivity index (χ0n) is 48.4. The van der Waals surface area contributed by atoms with Gasteiger partial charge in [0.15, 0.2) is 0 Å². The maximum Gasteiger partial charge on any atom is 0.330 e. The van der Waals surface area contributed by atoms with Crippen molar-refractivity contribution in [3.8, 4) is 34.5 Å². The van der Waals surface area contributed by atoms with E-state index < -0.39 is 5.97 Å². The number of hydrazone groups is 1. The Hall–Kier alpha value is -8.12. The van der Waals surface area contributed by atoms with E-state index in [0.29, 0.717) is 110 Å². The SMILES string of the molecule is C=CC(=O)OCCCCCCOc1ccc(OC(C)=O)cc1.C=CCCN(/N=C/c1cc(OC(=O)C2CCC(C(=O)Oc3ccc(OCCCCCCOC(=O)C=C)cc3)CC2)ccc1OC(=O)C1CCC(C)CC1)c1nc2ccccc2s1.